The first-order valence-electron chi connectivity index (χ1n) is 8.77. The first kappa shape index (κ1) is 17.3. The summed E-state index contributed by atoms with van der Waals surface area (Å²) in [5.41, 5.74) is 0. The summed E-state index contributed by atoms with van der Waals surface area (Å²) in [4.78, 5) is 28.6. The maximum Gasteiger partial charge on any atom is 0.227 e. The third-order valence-corrected chi connectivity index (χ3v) is 5.04. The third-order valence-electron chi connectivity index (χ3n) is 5.04. The summed E-state index contributed by atoms with van der Waals surface area (Å²) < 4.78 is 0. The van der Waals surface area contributed by atoms with Gasteiger partial charge >= 0.3 is 0 Å². The van der Waals surface area contributed by atoms with Gasteiger partial charge in [-0.3, -0.25) is 9.59 Å². The van der Waals surface area contributed by atoms with Crippen molar-refractivity contribution >= 4 is 11.8 Å². The quantitative estimate of drug-likeness (QED) is 0.859. The standard InChI is InChI=1S/C17H30N2O3/c1-3-6-16(21)18-9-5-8-15(12-18)17(22)19-10-4-7-14(11-19)13(2)20/h13-15,20H,3-12H2,1-2H3. The molecule has 5 nitrogen and oxygen atoms in total. The Labute approximate surface area is 133 Å². The predicted octanol–water partition coefficient (Wildman–Crippen LogP) is 1.64. The zero-order valence-electron chi connectivity index (χ0n) is 14.0. The highest BCUT2D eigenvalue weighted by Gasteiger charge is 2.33. The van der Waals surface area contributed by atoms with Crippen LogP contribution in [0.4, 0.5) is 0 Å². The van der Waals surface area contributed by atoms with Crippen molar-refractivity contribution in [3.63, 3.8) is 0 Å². The molecule has 0 aromatic carbocycles. The summed E-state index contributed by atoms with van der Waals surface area (Å²) >= 11 is 0. The molecule has 3 unspecified atom stereocenters. The van der Waals surface area contributed by atoms with Crippen LogP contribution in [0, 0.1) is 11.8 Å². The van der Waals surface area contributed by atoms with E-state index in [0.717, 1.165) is 45.2 Å². The van der Waals surface area contributed by atoms with E-state index in [2.05, 4.69) is 0 Å². The maximum atomic E-state index is 12.8. The molecule has 2 aliphatic rings. The van der Waals surface area contributed by atoms with Crippen LogP contribution in [0.15, 0.2) is 0 Å². The molecule has 0 radical (unpaired) electrons. The van der Waals surface area contributed by atoms with Crippen LogP contribution in [0.25, 0.3) is 0 Å². The molecule has 2 aliphatic heterocycles. The number of rotatable bonds is 4. The molecule has 126 valence electrons. The number of hydrogen-bond acceptors (Lipinski definition) is 3. The lowest BCUT2D eigenvalue weighted by atomic mass is 9.90. The molecule has 2 fully saturated rings. The van der Waals surface area contributed by atoms with Crippen LogP contribution in [0.1, 0.15) is 52.4 Å². The van der Waals surface area contributed by atoms with Gasteiger partial charge in [0.1, 0.15) is 0 Å². The molecule has 0 saturated carbocycles. The summed E-state index contributed by atoms with van der Waals surface area (Å²) in [6, 6.07) is 0. The fourth-order valence-electron chi connectivity index (χ4n) is 3.64. The monoisotopic (exact) mass is 310 g/mol. The van der Waals surface area contributed by atoms with Gasteiger partial charge in [0.2, 0.25) is 11.8 Å². The summed E-state index contributed by atoms with van der Waals surface area (Å²) in [5.74, 6) is 0.501. The second-order valence-corrected chi connectivity index (χ2v) is 6.86. The lowest BCUT2D eigenvalue weighted by molar-refractivity contribution is -0.142. The molecule has 5 heteroatoms. The third kappa shape index (κ3) is 4.22. The van der Waals surface area contributed by atoms with E-state index in [9.17, 15) is 14.7 Å². The fraction of sp³-hybridized carbons (Fsp3) is 0.882. The van der Waals surface area contributed by atoms with E-state index in [4.69, 9.17) is 0 Å². The van der Waals surface area contributed by atoms with Gasteiger partial charge in [-0.15, -0.1) is 0 Å². The SMILES string of the molecule is CCCC(=O)N1CCCC(C(=O)N2CCCC(C(C)O)C2)C1. The maximum absolute atomic E-state index is 12.8. The number of aliphatic hydroxyl groups is 1. The van der Waals surface area contributed by atoms with Crippen LogP contribution in [0.3, 0.4) is 0 Å². The van der Waals surface area contributed by atoms with Crippen molar-refractivity contribution in [2.75, 3.05) is 26.2 Å². The van der Waals surface area contributed by atoms with Crippen molar-refractivity contribution in [1.82, 2.24) is 9.80 Å². The summed E-state index contributed by atoms with van der Waals surface area (Å²) in [7, 11) is 0. The molecule has 2 amide bonds. The topological polar surface area (TPSA) is 60.9 Å². The highest BCUT2D eigenvalue weighted by Crippen LogP contribution is 2.25. The van der Waals surface area contributed by atoms with Crippen molar-refractivity contribution < 1.29 is 14.7 Å². The van der Waals surface area contributed by atoms with Crippen molar-refractivity contribution in [2.24, 2.45) is 11.8 Å². The Bertz CT molecular complexity index is 397. The van der Waals surface area contributed by atoms with Crippen molar-refractivity contribution in [3.8, 4) is 0 Å². The van der Waals surface area contributed by atoms with E-state index in [1.165, 1.54) is 0 Å². The van der Waals surface area contributed by atoms with Gasteiger partial charge < -0.3 is 14.9 Å². The molecule has 2 rings (SSSR count). The lowest BCUT2D eigenvalue weighted by Gasteiger charge is -2.39. The van der Waals surface area contributed by atoms with Gasteiger partial charge in [-0.05, 0) is 39.0 Å². The Morgan fingerprint density at radius 2 is 1.82 bits per heavy atom. The highest BCUT2D eigenvalue weighted by molar-refractivity contribution is 5.81. The Morgan fingerprint density at radius 3 is 2.50 bits per heavy atom. The Balaban J connectivity index is 1.92. The van der Waals surface area contributed by atoms with Crippen LogP contribution < -0.4 is 0 Å². The molecule has 1 N–H and O–H groups in total. The van der Waals surface area contributed by atoms with E-state index in [1.54, 1.807) is 0 Å². The largest absolute Gasteiger partial charge is 0.393 e. The van der Waals surface area contributed by atoms with Crippen LogP contribution in [-0.4, -0.2) is 59.0 Å². The molecule has 0 aromatic rings. The Kier molecular flexibility index (Phi) is 6.24. The molecule has 3 atom stereocenters. The number of nitrogens with zero attached hydrogens (tertiary/aromatic N) is 2. The van der Waals surface area contributed by atoms with Gasteiger partial charge in [0.15, 0.2) is 0 Å². The molecule has 22 heavy (non-hydrogen) atoms. The molecule has 2 heterocycles. The minimum atomic E-state index is -0.357. The molecule has 0 bridgehead atoms. The van der Waals surface area contributed by atoms with Crippen molar-refractivity contribution in [3.05, 3.63) is 0 Å². The van der Waals surface area contributed by atoms with Crippen LogP contribution >= 0.6 is 0 Å². The normalized spacial score (nSPS) is 27.6. The van der Waals surface area contributed by atoms with Gasteiger partial charge in [-0.2, -0.15) is 0 Å². The van der Waals surface area contributed by atoms with Crippen molar-refractivity contribution in [1.29, 1.82) is 0 Å². The first-order chi connectivity index (χ1) is 10.5. The number of piperidine rings is 2. The van der Waals surface area contributed by atoms with Crippen LogP contribution in [0.2, 0.25) is 0 Å². The van der Waals surface area contributed by atoms with E-state index in [-0.39, 0.29) is 29.8 Å². The van der Waals surface area contributed by atoms with Crippen LogP contribution in [-0.2, 0) is 9.59 Å². The summed E-state index contributed by atoms with van der Waals surface area (Å²) in [6.45, 7) is 6.64. The van der Waals surface area contributed by atoms with Crippen LogP contribution in [0.5, 0.6) is 0 Å². The second kappa shape index (κ2) is 7.95. The Morgan fingerprint density at radius 1 is 1.14 bits per heavy atom. The minimum Gasteiger partial charge on any atom is -0.393 e. The van der Waals surface area contributed by atoms with Gasteiger partial charge in [0.25, 0.3) is 0 Å². The number of hydrogen-bond donors (Lipinski definition) is 1. The average Bonchev–Trinajstić information content (AvgIpc) is 2.54. The van der Waals surface area contributed by atoms with E-state index in [1.807, 2.05) is 23.6 Å². The van der Waals surface area contributed by atoms with Crippen molar-refractivity contribution in [2.45, 2.75) is 58.5 Å². The zero-order chi connectivity index (χ0) is 16.1. The second-order valence-electron chi connectivity index (χ2n) is 6.86. The molecule has 2 saturated heterocycles. The summed E-state index contributed by atoms with van der Waals surface area (Å²) in [6.07, 6.45) is 4.83. The molecule has 0 aromatic heterocycles. The number of carbonyl (C=O) groups is 2. The van der Waals surface area contributed by atoms with Gasteiger partial charge in [-0.1, -0.05) is 6.92 Å². The smallest absolute Gasteiger partial charge is 0.227 e. The molecular formula is C17H30N2O3. The van der Waals surface area contributed by atoms with Gasteiger partial charge in [0, 0.05) is 38.5 Å². The molecule has 0 aliphatic carbocycles. The number of carbonyl (C=O) groups excluding carboxylic acids is 2. The Hall–Kier alpha value is -1.10. The number of amides is 2. The minimum absolute atomic E-state index is 0.0534. The predicted molar refractivity (Wildman–Crippen MR) is 85.2 cm³/mol. The fourth-order valence-corrected chi connectivity index (χ4v) is 3.64. The average molecular weight is 310 g/mol. The van der Waals surface area contributed by atoms with Gasteiger partial charge in [0.05, 0.1) is 12.0 Å². The first-order valence-corrected chi connectivity index (χ1v) is 8.77. The summed E-state index contributed by atoms with van der Waals surface area (Å²) in [5, 5.41) is 9.77. The lowest BCUT2D eigenvalue weighted by Crippen LogP contribution is -2.50. The molecular weight excluding hydrogens is 280 g/mol. The van der Waals surface area contributed by atoms with Gasteiger partial charge in [-0.25, -0.2) is 0 Å². The van der Waals surface area contributed by atoms with E-state index < -0.39 is 0 Å². The number of aliphatic hydroxyl groups excluding tert-OH is 1. The van der Waals surface area contributed by atoms with E-state index >= 15 is 0 Å². The zero-order valence-corrected chi connectivity index (χ0v) is 14.0. The highest BCUT2D eigenvalue weighted by atomic mass is 16.3. The number of likely N-dealkylation sites (tertiary alicyclic amines) is 2. The van der Waals surface area contributed by atoms with E-state index in [0.29, 0.717) is 19.5 Å². The molecule has 0 spiro atoms.